The van der Waals surface area contributed by atoms with Crippen molar-refractivity contribution in [2.75, 3.05) is 0 Å². The lowest BCUT2D eigenvalue weighted by Crippen LogP contribution is -2.03. The molecule has 0 radical (unpaired) electrons. The van der Waals surface area contributed by atoms with Gasteiger partial charge in [-0.1, -0.05) is 28.1 Å². The van der Waals surface area contributed by atoms with Crippen molar-refractivity contribution in [2.24, 2.45) is 11.7 Å². The second-order valence-electron chi connectivity index (χ2n) is 3.49. The maximum absolute atomic E-state index is 5.74. The number of benzene rings is 1. The molecule has 1 aliphatic carbocycles. The van der Waals surface area contributed by atoms with Gasteiger partial charge in [0.2, 0.25) is 0 Å². The fourth-order valence-electron chi connectivity index (χ4n) is 1.47. The van der Waals surface area contributed by atoms with Gasteiger partial charge in [0, 0.05) is 10.5 Å². The maximum atomic E-state index is 5.74. The molecular formula is C10H13BrClN. The Labute approximate surface area is 93.2 Å². The molecule has 72 valence electrons. The normalized spacial score (nSPS) is 25.1. The Morgan fingerprint density at radius 3 is 2.69 bits per heavy atom. The highest BCUT2D eigenvalue weighted by atomic mass is 79.9. The van der Waals surface area contributed by atoms with E-state index in [1.165, 1.54) is 12.0 Å². The van der Waals surface area contributed by atoms with Gasteiger partial charge in [-0.05, 0) is 36.5 Å². The second kappa shape index (κ2) is 4.45. The van der Waals surface area contributed by atoms with Crippen LogP contribution in [-0.2, 0) is 6.42 Å². The second-order valence-corrected chi connectivity index (χ2v) is 4.41. The Morgan fingerprint density at radius 2 is 2.15 bits per heavy atom. The van der Waals surface area contributed by atoms with Gasteiger partial charge < -0.3 is 5.73 Å². The van der Waals surface area contributed by atoms with Gasteiger partial charge in [0.25, 0.3) is 0 Å². The van der Waals surface area contributed by atoms with E-state index >= 15 is 0 Å². The van der Waals surface area contributed by atoms with Crippen molar-refractivity contribution in [2.45, 2.75) is 18.9 Å². The minimum Gasteiger partial charge on any atom is -0.327 e. The Kier molecular flexibility index (Phi) is 3.77. The van der Waals surface area contributed by atoms with E-state index in [9.17, 15) is 0 Å². The lowest BCUT2D eigenvalue weighted by molar-refractivity contribution is 0.786. The number of halogens is 2. The van der Waals surface area contributed by atoms with E-state index < -0.39 is 0 Å². The van der Waals surface area contributed by atoms with Crippen molar-refractivity contribution in [3.63, 3.8) is 0 Å². The summed E-state index contributed by atoms with van der Waals surface area (Å²) in [7, 11) is 0. The van der Waals surface area contributed by atoms with Crippen LogP contribution in [0.5, 0.6) is 0 Å². The van der Waals surface area contributed by atoms with E-state index in [4.69, 9.17) is 5.73 Å². The SMILES string of the molecule is Cl.NC1CC1Cc1cccc(Br)c1. The van der Waals surface area contributed by atoms with Crippen LogP contribution in [0, 0.1) is 5.92 Å². The van der Waals surface area contributed by atoms with Crippen molar-refractivity contribution >= 4 is 28.3 Å². The van der Waals surface area contributed by atoms with Crippen LogP contribution in [0.1, 0.15) is 12.0 Å². The van der Waals surface area contributed by atoms with Crippen LogP contribution in [0.4, 0.5) is 0 Å². The van der Waals surface area contributed by atoms with Gasteiger partial charge in [0.15, 0.2) is 0 Å². The molecule has 0 bridgehead atoms. The standard InChI is InChI=1S/C10H12BrN.ClH/c11-9-3-1-2-7(5-9)4-8-6-10(8)12;/h1-3,5,8,10H,4,6,12H2;1H. The van der Waals surface area contributed by atoms with Crippen LogP contribution in [0.3, 0.4) is 0 Å². The molecule has 1 nitrogen and oxygen atoms in total. The van der Waals surface area contributed by atoms with Gasteiger partial charge in [-0.3, -0.25) is 0 Å². The fourth-order valence-corrected chi connectivity index (χ4v) is 1.92. The van der Waals surface area contributed by atoms with Gasteiger partial charge >= 0.3 is 0 Å². The topological polar surface area (TPSA) is 26.0 Å². The van der Waals surface area contributed by atoms with Crippen LogP contribution >= 0.6 is 28.3 Å². The van der Waals surface area contributed by atoms with Crippen LogP contribution in [0.2, 0.25) is 0 Å². The summed E-state index contributed by atoms with van der Waals surface area (Å²) < 4.78 is 1.16. The molecule has 2 N–H and O–H groups in total. The largest absolute Gasteiger partial charge is 0.327 e. The third kappa shape index (κ3) is 2.97. The highest BCUT2D eigenvalue weighted by Gasteiger charge is 2.32. The summed E-state index contributed by atoms with van der Waals surface area (Å²) in [5, 5.41) is 0. The Balaban J connectivity index is 0.000000845. The predicted octanol–water partition coefficient (Wildman–Crippen LogP) is 2.76. The molecule has 2 atom stereocenters. The summed E-state index contributed by atoms with van der Waals surface area (Å²) >= 11 is 3.46. The highest BCUT2D eigenvalue weighted by molar-refractivity contribution is 9.10. The molecule has 3 heteroatoms. The molecule has 1 saturated carbocycles. The van der Waals surface area contributed by atoms with Crippen LogP contribution in [-0.4, -0.2) is 6.04 Å². The van der Waals surface area contributed by atoms with Crippen LogP contribution in [0.15, 0.2) is 28.7 Å². The van der Waals surface area contributed by atoms with Crippen molar-refractivity contribution in [1.29, 1.82) is 0 Å². The van der Waals surface area contributed by atoms with Crippen molar-refractivity contribution in [3.05, 3.63) is 34.3 Å². The average molecular weight is 263 g/mol. The third-order valence-corrected chi connectivity index (χ3v) is 2.86. The zero-order chi connectivity index (χ0) is 8.55. The number of nitrogens with two attached hydrogens (primary N) is 1. The monoisotopic (exact) mass is 261 g/mol. The molecule has 1 fully saturated rings. The molecule has 0 spiro atoms. The van der Waals surface area contributed by atoms with Crippen LogP contribution in [0.25, 0.3) is 0 Å². The van der Waals surface area contributed by atoms with E-state index in [-0.39, 0.29) is 12.4 Å². The molecule has 2 unspecified atom stereocenters. The summed E-state index contributed by atoms with van der Waals surface area (Å²) in [5.74, 6) is 0.735. The third-order valence-electron chi connectivity index (χ3n) is 2.36. The average Bonchev–Trinajstić information content (AvgIpc) is 2.66. The first kappa shape index (κ1) is 11.0. The molecule has 2 rings (SSSR count). The van der Waals surface area contributed by atoms with Gasteiger partial charge in [-0.2, -0.15) is 0 Å². The number of rotatable bonds is 2. The van der Waals surface area contributed by atoms with E-state index in [0.29, 0.717) is 6.04 Å². The van der Waals surface area contributed by atoms with E-state index in [0.717, 1.165) is 16.8 Å². The fraction of sp³-hybridized carbons (Fsp3) is 0.400. The lowest BCUT2D eigenvalue weighted by Gasteiger charge is -1.99. The summed E-state index contributed by atoms with van der Waals surface area (Å²) in [6, 6.07) is 8.92. The summed E-state index contributed by atoms with van der Waals surface area (Å²) in [5.41, 5.74) is 7.13. The van der Waals surface area contributed by atoms with Crippen molar-refractivity contribution < 1.29 is 0 Å². The summed E-state index contributed by atoms with van der Waals surface area (Å²) in [6.45, 7) is 0. The zero-order valence-electron chi connectivity index (χ0n) is 7.24. The van der Waals surface area contributed by atoms with Crippen molar-refractivity contribution in [3.8, 4) is 0 Å². The quantitative estimate of drug-likeness (QED) is 0.871. The number of hydrogen-bond acceptors (Lipinski definition) is 1. The Hall–Kier alpha value is -0.0500. The van der Waals surface area contributed by atoms with E-state index in [2.05, 4.69) is 40.2 Å². The van der Waals surface area contributed by atoms with Gasteiger partial charge in [-0.25, -0.2) is 0 Å². The first-order valence-corrected chi connectivity index (χ1v) is 5.05. The zero-order valence-corrected chi connectivity index (χ0v) is 9.64. The van der Waals surface area contributed by atoms with Gasteiger partial charge in [0.1, 0.15) is 0 Å². The molecule has 0 aliphatic heterocycles. The smallest absolute Gasteiger partial charge is 0.0177 e. The molecular weight excluding hydrogens is 249 g/mol. The van der Waals surface area contributed by atoms with Gasteiger partial charge in [-0.15, -0.1) is 12.4 Å². The van der Waals surface area contributed by atoms with Gasteiger partial charge in [0.05, 0.1) is 0 Å². The highest BCUT2D eigenvalue weighted by Crippen LogP contribution is 2.31. The maximum Gasteiger partial charge on any atom is 0.0177 e. The molecule has 13 heavy (non-hydrogen) atoms. The lowest BCUT2D eigenvalue weighted by atomic mass is 10.1. The molecule has 0 amide bonds. The first-order chi connectivity index (χ1) is 5.75. The molecule has 1 aliphatic rings. The Morgan fingerprint density at radius 1 is 1.46 bits per heavy atom. The minimum atomic E-state index is 0. The molecule has 0 heterocycles. The van der Waals surface area contributed by atoms with E-state index in [1.807, 2.05) is 0 Å². The molecule has 0 saturated heterocycles. The molecule has 1 aromatic rings. The van der Waals surface area contributed by atoms with Crippen molar-refractivity contribution in [1.82, 2.24) is 0 Å². The Bertz CT molecular complexity index is 290. The molecule has 0 aromatic heterocycles. The predicted molar refractivity (Wildman–Crippen MR) is 61.2 cm³/mol. The number of hydrogen-bond donors (Lipinski definition) is 1. The first-order valence-electron chi connectivity index (χ1n) is 4.26. The molecule has 1 aromatic carbocycles. The van der Waals surface area contributed by atoms with Crippen LogP contribution < -0.4 is 5.73 Å². The minimum absolute atomic E-state index is 0. The van der Waals surface area contributed by atoms with E-state index in [1.54, 1.807) is 0 Å². The summed E-state index contributed by atoms with van der Waals surface area (Å²) in [6.07, 6.45) is 2.34. The summed E-state index contributed by atoms with van der Waals surface area (Å²) in [4.78, 5) is 0.